The van der Waals surface area contributed by atoms with Gasteiger partial charge in [0, 0.05) is 49.4 Å². The molecule has 0 atom stereocenters. The fourth-order valence-electron chi connectivity index (χ4n) is 5.14. The first-order valence-corrected chi connectivity index (χ1v) is 15.4. The molecule has 6 rings (SSSR count). The highest BCUT2D eigenvalue weighted by atomic mass is 32.2. The summed E-state index contributed by atoms with van der Waals surface area (Å²) in [6.07, 6.45) is 3.18. The SMILES string of the molecule is COc1ncc(-c2cc(-c3nnc(CN4CCN(C(C)C)CC4)o3)c3cn[nH]c3c2)cc1NS(=O)(=O)c1ccc(F)c(F)c1. The van der Waals surface area contributed by atoms with Crippen LogP contribution in [0.5, 0.6) is 5.88 Å². The fourth-order valence-corrected chi connectivity index (χ4v) is 6.20. The van der Waals surface area contributed by atoms with Crippen molar-refractivity contribution < 1.29 is 26.4 Å². The molecular formula is C29H30F2N8O4S. The molecule has 0 bridgehead atoms. The van der Waals surface area contributed by atoms with Crippen molar-refractivity contribution in [3.63, 3.8) is 0 Å². The monoisotopic (exact) mass is 624 g/mol. The predicted molar refractivity (Wildman–Crippen MR) is 158 cm³/mol. The topological polar surface area (TPSA) is 142 Å². The molecule has 2 N–H and O–H groups in total. The largest absolute Gasteiger partial charge is 0.480 e. The highest BCUT2D eigenvalue weighted by Gasteiger charge is 2.23. The Kier molecular flexibility index (Phi) is 8.00. The van der Waals surface area contributed by atoms with Crippen molar-refractivity contribution in [1.82, 2.24) is 35.2 Å². The Bertz CT molecular complexity index is 1920. The maximum Gasteiger partial charge on any atom is 0.262 e. The standard InChI is InChI=1S/C29H30F2N8O4S/c1-17(2)39-8-6-38(7-9-39)16-27-35-36-28(43-27)21-10-18(11-25-22(21)15-33-34-25)19-12-26(29(42-3)32-14-19)37-44(40,41)20-4-5-23(30)24(31)13-20/h4-5,10-15,17,37H,6-9,16H2,1-3H3,(H,33,34). The number of pyridine rings is 1. The molecule has 0 saturated carbocycles. The summed E-state index contributed by atoms with van der Waals surface area (Å²) in [6, 6.07) is 8.00. The van der Waals surface area contributed by atoms with E-state index in [2.05, 4.69) is 53.7 Å². The number of anilines is 1. The third kappa shape index (κ3) is 5.98. The lowest BCUT2D eigenvalue weighted by atomic mass is 10.0. The Hall–Kier alpha value is -4.47. The molecule has 0 radical (unpaired) electrons. The predicted octanol–water partition coefficient (Wildman–Crippen LogP) is 4.29. The maximum atomic E-state index is 13.8. The van der Waals surface area contributed by atoms with Crippen LogP contribution in [-0.4, -0.2) is 82.9 Å². The van der Waals surface area contributed by atoms with E-state index in [9.17, 15) is 17.2 Å². The van der Waals surface area contributed by atoms with Crippen molar-refractivity contribution in [2.24, 2.45) is 0 Å². The lowest BCUT2D eigenvalue weighted by molar-refractivity contribution is 0.0979. The molecule has 15 heteroatoms. The second-order valence-corrected chi connectivity index (χ2v) is 12.4. The smallest absolute Gasteiger partial charge is 0.262 e. The van der Waals surface area contributed by atoms with E-state index in [4.69, 9.17) is 9.15 Å². The van der Waals surface area contributed by atoms with E-state index in [0.717, 1.165) is 43.7 Å². The van der Waals surface area contributed by atoms with Gasteiger partial charge in [-0.3, -0.25) is 19.6 Å². The van der Waals surface area contributed by atoms with Crippen LogP contribution in [0, 0.1) is 11.6 Å². The minimum atomic E-state index is -4.31. The van der Waals surface area contributed by atoms with Gasteiger partial charge in [-0.25, -0.2) is 22.2 Å². The zero-order valence-corrected chi connectivity index (χ0v) is 25.0. The Morgan fingerprint density at radius 3 is 2.55 bits per heavy atom. The minimum absolute atomic E-state index is 0.00127. The molecule has 0 unspecified atom stereocenters. The van der Waals surface area contributed by atoms with Gasteiger partial charge in [0.15, 0.2) is 11.6 Å². The second-order valence-electron chi connectivity index (χ2n) is 10.7. The number of nitrogens with zero attached hydrogens (tertiary/aromatic N) is 6. The van der Waals surface area contributed by atoms with Gasteiger partial charge in [-0.2, -0.15) is 5.10 Å². The quantitative estimate of drug-likeness (QED) is 0.244. The van der Waals surface area contributed by atoms with Crippen molar-refractivity contribution >= 4 is 26.6 Å². The molecule has 2 aromatic carbocycles. The fraction of sp³-hybridized carbons (Fsp3) is 0.310. The van der Waals surface area contributed by atoms with Crippen molar-refractivity contribution in [2.45, 2.75) is 31.3 Å². The van der Waals surface area contributed by atoms with Crippen LogP contribution in [0.15, 0.2) is 58.1 Å². The van der Waals surface area contributed by atoms with E-state index in [1.807, 2.05) is 12.1 Å². The molecule has 1 aliphatic rings. The zero-order valence-electron chi connectivity index (χ0n) is 24.2. The first-order valence-electron chi connectivity index (χ1n) is 13.9. The first-order chi connectivity index (χ1) is 21.1. The molecule has 12 nitrogen and oxygen atoms in total. The van der Waals surface area contributed by atoms with Gasteiger partial charge in [0.25, 0.3) is 10.0 Å². The van der Waals surface area contributed by atoms with Gasteiger partial charge in [0.05, 0.1) is 35.8 Å². The molecule has 1 saturated heterocycles. The van der Waals surface area contributed by atoms with Gasteiger partial charge >= 0.3 is 0 Å². The molecule has 44 heavy (non-hydrogen) atoms. The highest BCUT2D eigenvalue weighted by Crippen LogP contribution is 2.35. The summed E-state index contributed by atoms with van der Waals surface area (Å²) in [4.78, 5) is 8.53. The van der Waals surface area contributed by atoms with Gasteiger partial charge < -0.3 is 9.15 Å². The molecule has 0 aliphatic carbocycles. The molecular weight excluding hydrogens is 594 g/mol. The van der Waals surface area contributed by atoms with Crippen LogP contribution < -0.4 is 9.46 Å². The molecule has 0 amide bonds. The number of fused-ring (bicyclic) bond motifs is 1. The lowest BCUT2D eigenvalue weighted by Gasteiger charge is -2.36. The van der Waals surface area contributed by atoms with Crippen molar-refractivity contribution in [3.05, 3.63) is 66.3 Å². The molecule has 1 fully saturated rings. The van der Waals surface area contributed by atoms with Crippen LogP contribution in [0.1, 0.15) is 19.7 Å². The number of hydrogen-bond donors (Lipinski definition) is 2. The van der Waals surface area contributed by atoms with Gasteiger partial charge in [-0.05, 0) is 55.8 Å². The summed E-state index contributed by atoms with van der Waals surface area (Å²) in [6.45, 7) is 8.70. The third-order valence-corrected chi connectivity index (χ3v) is 8.94. The first kappa shape index (κ1) is 29.6. The van der Waals surface area contributed by atoms with E-state index in [1.165, 1.54) is 19.4 Å². The Balaban J connectivity index is 1.30. The number of benzene rings is 2. The number of methoxy groups -OCH3 is 1. The average molecular weight is 625 g/mol. The summed E-state index contributed by atoms with van der Waals surface area (Å²) in [5.41, 5.74) is 2.48. The zero-order chi connectivity index (χ0) is 31.0. The van der Waals surface area contributed by atoms with E-state index in [-0.39, 0.29) is 11.6 Å². The average Bonchev–Trinajstić information content (AvgIpc) is 3.68. The van der Waals surface area contributed by atoms with E-state index < -0.39 is 26.6 Å². The van der Waals surface area contributed by atoms with Crippen LogP contribution in [0.25, 0.3) is 33.5 Å². The molecule has 1 aliphatic heterocycles. The molecule has 4 heterocycles. The van der Waals surface area contributed by atoms with Crippen LogP contribution in [-0.2, 0) is 16.6 Å². The number of H-pyrrole nitrogens is 1. The number of aromatic nitrogens is 5. The number of nitrogens with one attached hydrogen (secondary N) is 2. The highest BCUT2D eigenvalue weighted by molar-refractivity contribution is 7.92. The van der Waals surface area contributed by atoms with Crippen LogP contribution in [0.2, 0.25) is 0 Å². The van der Waals surface area contributed by atoms with Crippen LogP contribution in [0.4, 0.5) is 14.5 Å². The number of hydrogen-bond acceptors (Lipinski definition) is 10. The van der Waals surface area contributed by atoms with Crippen molar-refractivity contribution in [3.8, 4) is 28.5 Å². The third-order valence-electron chi connectivity index (χ3n) is 7.58. The Morgan fingerprint density at radius 2 is 1.82 bits per heavy atom. The molecule has 0 spiro atoms. The summed E-state index contributed by atoms with van der Waals surface area (Å²) >= 11 is 0. The van der Waals surface area contributed by atoms with Crippen molar-refractivity contribution in [1.29, 1.82) is 0 Å². The number of halogens is 2. The number of rotatable bonds is 9. The number of sulfonamides is 1. The molecule has 5 aromatic rings. The van der Waals surface area contributed by atoms with Crippen molar-refractivity contribution in [2.75, 3.05) is 38.0 Å². The Labute approximate surface area is 252 Å². The number of piperazine rings is 1. The van der Waals surface area contributed by atoms with Gasteiger partial charge in [0.2, 0.25) is 17.7 Å². The maximum absolute atomic E-state index is 13.8. The Morgan fingerprint density at radius 1 is 1.02 bits per heavy atom. The van der Waals surface area contributed by atoms with Crippen LogP contribution in [0.3, 0.4) is 0 Å². The summed E-state index contributed by atoms with van der Waals surface area (Å²) in [5.74, 6) is -1.65. The normalized spacial score (nSPS) is 14.9. The van der Waals surface area contributed by atoms with Gasteiger partial charge in [0.1, 0.15) is 5.69 Å². The second kappa shape index (κ2) is 11.9. The van der Waals surface area contributed by atoms with E-state index >= 15 is 0 Å². The van der Waals surface area contributed by atoms with Gasteiger partial charge in [-0.15, -0.1) is 10.2 Å². The van der Waals surface area contributed by atoms with Gasteiger partial charge in [-0.1, -0.05) is 0 Å². The molecule has 230 valence electrons. The summed E-state index contributed by atoms with van der Waals surface area (Å²) in [5, 5.41) is 16.5. The van der Waals surface area contributed by atoms with Crippen LogP contribution >= 0.6 is 0 Å². The lowest BCUT2D eigenvalue weighted by Crippen LogP contribution is -2.48. The molecule has 3 aromatic heterocycles. The van der Waals surface area contributed by atoms with E-state index in [1.54, 1.807) is 6.20 Å². The van der Waals surface area contributed by atoms with E-state index in [0.29, 0.717) is 52.6 Å². The number of ether oxygens (including phenoxy) is 1. The summed E-state index contributed by atoms with van der Waals surface area (Å²) < 4.78 is 67.0. The minimum Gasteiger partial charge on any atom is -0.480 e. The summed E-state index contributed by atoms with van der Waals surface area (Å²) in [7, 11) is -2.97. The number of aromatic amines is 1.